The van der Waals surface area contributed by atoms with Crippen molar-refractivity contribution in [2.75, 3.05) is 13.6 Å². The molecule has 0 aromatic heterocycles. The Morgan fingerprint density at radius 1 is 1.53 bits per heavy atom. The Balaban J connectivity index is 2.60. The highest BCUT2D eigenvalue weighted by Crippen LogP contribution is 2.16. The molecule has 0 saturated heterocycles. The Morgan fingerprint density at radius 2 is 2.27 bits per heavy atom. The van der Waals surface area contributed by atoms with Crippen LogP contribution < -0.4 is 10.6 Å². The smallest absolute Gasteiger partial charge is 0.234 e. The van der Waals surface area contributed by atoms with E-state index in [1.165, 1.54) is 0 Å². The topological polar surface area (TPSA) is 41.1 Å². The van der Waals surface area contributed by atoms with E-state index in [9.17, 15) is 4.79 Å². The Labute approximate surface area is 94.8 Å². The molecule has 3 nitrogen and oxygen atoms in total. The SMILES string of the molecule is CNCC(=O)N[C@H](C)c1cccc(Cl)c1. The van der Waals surface area contributed by atoms with Crippen molar-refractivity contribution in [3.05, 3.63) is 34.9 Å². The lowest BCUT2D eigenvalue weighted by atomic mass is 10.1. The minimum Gasteiger partial charge on any atom is -0.348 e. The van der Waals surface area contributed by atoms with Gasteiger partial charge in [0.1, 0.15) is 0 Å². The highest BCUT2D eigenvalue weighted by molar-refractivity contribution is 6.30. The van der Waals surface area contributed by atoms with E-state index < -0.39 is 0 Å². The number of carbonyl (C=O) groups excluding carboxylic acids is 1. The van der Waals surface area contributed by atoms with Crippen LogP contribution in [0.1, 0.15) is 18.5 Å². The highest BCUT2D eigenvalue weighted by Gasteiger charge is 2.08. The van der Waals surface area contributed by atoms with Gasteiger partial charge in [0.15, 0.2) is 0 Å². The minimum absolute atomic E-state index is 0.0232. The quantitative estimate of drug-likeness (QED) is 0.821. The van der Waals surface area contributed by atoms with Gasteiger partial charge in [0, 0.05) is 5.02 Å². The maximum Gasteiger partial charge on any atom is 0.234 e. The van der Waals surface area contributed by atoms with Gasteiger partial charge in [0.05, 0.1) is 12.6 Å². The first-order valence-electron chi connectivity index (χ1n) is 4.83. The maximum atomic E-state index is 11.3. The van der Waals surface area contributed by atoms with Crippen LogP contribution in [-0.2, 0) is 4.79 Å². The van der Waals surface area contributed by atoms with E-state index in [-0.39, 0.29) is 11.9 Å². The number of halogens is 1. The van der Waals surface area contributed by atoms with Gasteiger partial charge in [-0.3, -0.25) is 4.79 Å². The predicted molar refractivity (Wildman–Crippen MR) is 61.9 cm³/mol. The van der Waals surface area contributed by atoms with E-state index in [0.717, 1.165) is 5.56 Å². The second-order valence-corrected chi connectivity index (χ2v) is 3.81. The van der Waals surface area contributed by atoms with E-state index in [1.54, 1.807) is 7.05 Å². The summed E-state index contributed by atoms with van der Waals surface area (Å²) in [6, 6.07) is 7.46. The van der Waals surface area contributed by atoms with E-state index in [2.05, 4.69) is 10.6 Å². The van der Waals surface area contributed by atoms with Gasteiger partial charge >= 0.3 is 0 Å². The third kappa shape index (κ3) is 3.90. The maximum absolute atomic E-state index is 11.3. The summed E-state index contributed by atoms with van der Waals surface area (Å²) >= 11 is 5.86. The van der Waals surface area contributed by atoms with Gasteiger partial charge in [-0.1, -0.05) is 23.7 Å². The number of likely N-dealkylation sites (N-methyl/N-ethyl adjacent to an activating group) is 1. The van der Waals surface area contributed by atoms with Gasteiger partial charge < -0.3 is 10.6 Å². The lowest BCUT2D eigenvalue weighted by Gasteiger charge is -2.14. The third-order valence-electron chi connectivity index (χ3n) is 2.06. The van der Waals surface area contributed by atoms with Crippen molar-refractivity contribution >= 4 is 17.5 Å². The number of rotatable bonds is 4. The van der Waals surface area contributed by atoms with Crippen LogP contribution in [0.3, 0.4) is 0 Å². The van der Waals surface area contributed by atoms with Crippen molar-refractivity contribution in [1.29, 1.82) is 0 Å². The van der Waals surface area contributed by atoms with Crippen LogP contribution in [0, 0.1) is 0 Å². The van der Waals surface area contributed by atoms with Crippen molar-refractivity contribution in [3.63, 3.8) is 0 Å². The number of amides is 1. The van der Waals surface area contributed by atoms with Gasteiger partial charge in [-0.05, 0) is 31.7 Å². The highest BCUT2D eigenvalue weighted by atomic mass is 35.5. The Kier molecular flexibility index (Phi) is 4.59. The molecule has 0 aliphatic rings. The second kappa shape index (κ2) is 5.73. The van der Waals surface area contributed by atoms with E-state index in [1.807, 2.05) is 31.2 Å². The zero-order valence-corrected chi connectivity index (χ0v) is 9.64. The fourth-order valence-corrected chi connectivity index (χ4v) is 1.51. The Hall–Kier alpha value is -1.06. The number of carbonyl (C=O) groups is 1. The average Bonchev–Trinajstić information content (AvgIpc) is 2.18. The summed E-state index contributed by atoms with van der Waals surface area (Å²) in [5.74, 6) is -0.0232. The molecule has 0 bridgehead atoms. The molecule has 1 amide bonds. The van der Waals surface area contributed by atoms with Gasteiger partial charge in [0.2, 0.25) is 5.91 Å². The minimum atomic E-state index is -0.0236. The summed E-state index contributed by atoms with van der Waals surface area (Å²) in [4.78, 5) is 11.3. The first-order chi connectivity index (χ1) is 7.13. The summed E-state index contributed by atoms with van der Waals surface area (Å²) in [7, 11) is 1.74. The molecule has 1 aromatic carbocycles. The monoisotopic (exact) mass is 226 g/mol. The van der Waals surface area contributed by atoms with Crippen LogP contribution in [0.5, 0.6) is 0 Å². The summed E-state index contributed by atoms with van der Waals surface area (Å²) in [6.45, 7) is 2.25. The summed E-state index contributed by atoms with van der Waals surface area (Å²) in [5.41, 5.74) is 1.01. The number of benzene rings is 1. The molecule has 0 heterocycles. The Morgan fingerprint density at radius 3 is 2.87 bits per heavy atom. The lowest BCUT2D eigenvalue weighted by Crippen LogP contribution is -2.33. The van der Waals surface area contributed by atoms with Crippen LogP contribution in [0.15, 0.2) is 24.3 Å². The molecule has 2 N–H and O–H groups in total. The van der Waals surface area contributed by atoms with Crippen LogP contribution in [0.2, 0.25) is 5.02 Å². The van der Waals surface area contributed by atoms with Crippen LogP contribution in [0.25, 0.3) is 0 Å². The van der Waals surface area contributed by atoms with Crippen molar-refractivity contribution in [3.8, 4) is 0 Å². The molecule has 15 heavy (non-hydrogen) atoms. The molecule has 1 atom stereocenters. The zero-order valence-electron chi connectivity index (χ0n) is 8.88. The average molecular weight is 227 g/mol. The molecule has 0 saturated carbocycles. The molecule has 0 spiro atoms. The van der Waals surface area contributed by atoms with Crippen molar-refractivity contribution in [2.24, 2.45) is 0 Å². The third-order valence-corrected chi connectivity index (χ3v) is 2.30. The van der Waals surface area contributed by atoms with E-state index in [0.29, 0.717) is 11.6 Å². The molecule has 82 valence electrons. The number of hydrogen-bond donors (Lipinski definition) is 2. The molecule has 0 unspecified atom stereocenters. The van der Waals surface area contributed by atoms with Crippen molar-refractivity contribution in [2.45, 2.75) is 13.0 Å². The predicted octanol–water partition coefficient (Wildman–Crippen LogP) is 1.74. The van der Waals surface area contributed by atoms with Gasteiger partial charge in [-0.2, -0.15) is 0 Å². The first-order valence-corrected chi connectivity index (χ1v) is 5.20. The van der Waals surface area contributed by atoms with Crippen LogP contribution >= 0.6 is 11.6 Å². The normalized spacial score (nSPS) is 12.2. The second-order valence-electron chi connectivity index (χ2n) is 3.37. The molecule has 1 aromatic rings. The van der Waals surface area contributed by atoms with Crippen LogP contribution in [0.4, 0.5) is 0 Å². The molecule has 0 aliphatic heterocycles. The van der Waals surface area contributed by atoms with Gasteiger partial charge in [0.25, 0.3) is 0 Å². The standard InChI is InChI=1S/C11H15ClN2O/c1-8(14-11(15)7-13-2)9-4-3-5-10(12)6-9/h3-6,8,13H,7H2,1-2H3,(H,14,15)/t8-/m1/s1. The Bertz CT molecular complexity index is 341. The van der Waals surface area contributed by atoms with E-state index in [4.69, 9.17) is 11.6 Å². The van der Waals surface area contributed by atoms with E-state index >= 15 is 0 Å². The van der Waals surface area contributed by atoms with Crippen molar-refractivity contribution in [1.82, 2.24) is 10.6 Å². The molecule has 0 aliphatic carbocycles. The summed E-state index contributed by atoms with van der Waals surface area (Å²) in [5, 5.41) is 6.34. The fourth-order valence-electron chi connectivity index (χ4n) is 1.31. The lowest BCUT2D eigenvalue weighted by molar-refractivity contribution is -0.120. The molecule has 0 fully saturated rings. The zero-order chi connectivity index (χ0) is 11.3. The van der Waals surface area contributed by atoms with Gasteiger partial charge in [-0.25, -0.2) is 0 Å². The van der Waals surface area contributed by atoms with Crippen LogP contribution in [-0.4, -0.2) is 19.5 Å². The summed E-state index contributed by atoms with van der Waals surface area (Å²) < 4.78 is 0. The largest absolute Gasteiger partial charge is 0.348 e. The molecular weight excluding hydrogens is 212 g/mol. The summed E-state index contributed by atoms with van der Waals surface area (Å²) in [6.07, 6.45) is 0. The fraction of sp³-hybridized carbons (Fsp3) is 0.364. The number of nitrogens with one attached hydrogen (secondary N) is 2. The van der Waals surface area contributed by atoms with Crippen molar-refractivity contribution < 1.29 is 4.79 Å². The molecule has 1 rings (SSSR count). The van der Waals surface area contributed by atoms with Gasteiger partial charge in [-0.15, -0.1) is 0 Å². The molecule has 4 heteroatoms. The first kappa shape index (κ1) is 12.0. The molecular formula is C11H15ClN2O. The number of hydrogen-bond acceptors (Lipinski definition) is 2. The molecule has 0 radical (unpaired) electrons.